The lowest BCUT2D eigenvalue weighted by Crippen LogP contribution is -2.41. The van der Waals surface area contributed by atoms with E-state index in [1.54, 1.807) is 19.1 Å². The minimum atomic E-state index is -1.88. The zero-order valence-corrected chi connectivity index (χ0v) is 16.4. The van der Waals surface area contributed by atoms with Crippen LogP contribution < -0.4 is 0 Å². The minimum Gasteiger partial charge on any atom is -0.381 e. The Kier molecular flexibility index (Phi) is 5.07. The molecule has 0 bridgehead atoms. The molecule has 0 aliphatic rings. The Morgan fingerprint density at radius 1 is 1.13 bits per heavy atom. The van der Waals surface area contributed by atoms with Gasteiger partial charge in [0.1, 0.15) is 35.7 Å². The summed E-state index contributed by atoms with van der Waals surface area (Å²) in [5.74, 6) is -2.07. The molecule has 6 nitrogen and oxygen atoms in total. The summed E-state index contributed by atoms with van der Waals surface area (Å²) in [6, 6.07) is 6.73. The second kappa shape index (κ2) is 7.56. The number of halogens is 3. The van der Waals surface area contributed by atoms with Crippen molar-refractivity contribution in [1.82, 2.24) is 24.5 Å². The fourth-order valence-electron chi connectivity index (χ4n) is 3.88. The highest BCUT2D eigenvalue weighted by Gasteiger charge is 2.41. The van der Waals surface area contributed by atoms with Crippen molar-refractivity contribution >= 4 is 10.9 Å². The Hall–Kier alpha value is -3.20. The molecule has 2 atom stereocenters. The van der Waals surface area contributed by atoms with Crippen molar-refractivity contribution in [2.75, 3.05) is 0 Å². The normalized spacial score (nSPS) is 14.7. The van der Waals surface area contributed by atoms with E-state index in [4.69, 9.17) is 0 Å². The Bertz CT molecular complexity index is 1190. The van der Waals surface area contributed by atoms with E-state index in [1.807, 2.05) is 6.92 Å². The van der Waals surface area contributed by atoms with Gasteiger partial charge in [-0.3, -0.25) is 4.68 Å². The van der Waals surface area contributed by atoms with Crippen molar-refractivity contribution in [3.8, 4) is 0 Å². The van der Waals surface area contributed by atoms with E-state index in [0.29, 0.717) is 29.1 Å². The third-order valence-corrected chi connectivity index (χ3v) is 5.43. The molecule has 2 heterocycles. The molecule has 2 aromatic heterocycles. The molecule has 1 N–H and O–H groups in total. The molecule has 0 radical (unpaired) electrons. The maximum absolute atomic E-state index is 14.8. The summed E-state index contributed by atoms with van der Waals surface area (Å²) >= 11 is 0. The highest BCUT2D eigenvalue weighted by Crippen LogP contribution is 2.38. The van der Waals surface area contributed by atoms with Crippen LogP contribution in [0.5, 0.6) is 0 Å². The van der Waals surface area contributed by atoms with Gasteiger partial charge in [-0.1, -0.05) is 19.1 Å². The second-order valence-corrected chi connectivity index (χ2v) is 7.20. The van der Waals surface area contributed by atoms with Gasteiger partial charge in [0, 0.05) is 17.3 Å². The fraction of sp³-hybridized carbons (Fsp3) is 0.286. The van der Waals surface area contributed by atoms with Crippen molar-refractivity contribution in [3.05, 3.63) is 77.8 Å². The molecule has 4 aromatic rings. The molecule has 0 saturated carbocycles. The van der Waals surface area contributed by atoms with Crippen LogP contribution in [0.4, 0.5) is 13.2 Å². The number of aromatic nitrogens is 5. The van der Waals surface area contributed by atoms with Crippen molar-refractivity contribution in [1.29, 1.82) is 0 Å². The van der Waals surface area contributed by atoms with Gasteiger partial charge in [0.15, 0.2) is 0 Å². The predicted octanol–water partition coefficient (Wildman–Crippen LogP) is 3.76. The van der Waals surface area contributed by atoms with Crippen LogP contribution in [0, 0.1) is 17.5 Å². The van der Waals surface area contributed by atoms with Crippen molar-refractivity contribution in [2.24, 2.45) is 0 Å². The van der Waals surface area contributed by atoms with Gasteiger partial charge >= 0.3 is 0 Å². The number of aliphatic hydroxyl groups is 1. The third kappa shape index (κ3) is 3.24. The summed E-state index contributed by atoms with van der Waals surface area (Å²) in [7, 11) is 0. The highest BCUT2D eigenvalue weighted by molar-refractivity contribution is 5.82. The van der Waals surface area contributed by atoms with Crippen molar-refractivity contribution in [3.63, 3.8) is 0 Å². The zero-order chi connectivity index (χ0) is 21.5. The zero-order valence-electron chi connectivity index (χ0n) is 16.4. The van der Waals surface area contributed by atoms with E-state index in [-0.39, 0.29) is 12.1 Å². The molecule has 2 aromatic carbocycles. The quantitative estimate of drug-likeness (QED) is 0.521. The number of hydrogen-bond acceptors (Lipinski definition) is 4. The molecule has 30 heavy (non-hydrogen) atoms. The third-order valence-electron chi connectivity index (χ3n) is 5.43. The van der Waals surface area contributed by atoms with Gasteiger partial charge < -0.3 is 5.11 Å². The van der Waals surface area contributed by atoms with Gasteiger partial charge in [-0.15, -0.1) is 0 Å². The molecule has 9 heteroatoms. The van der Waals surface area contributed by atoms with Crippen molar-refractivity contribution < 1.29 is 18.3 Å². The fourth-order valence-corrected chi connectivity index (χ4v) is 3.88. The molecule has 4 rings (SSSR count). The predicted molar refractivity (Wildman–Crippen MR) is 104 cm³/mol. The summed E-state index contributed by atoms with van der Waals surface area (Å²) < 4.78 is 45.7. The van der Waals surface area contributed by atoms with Gasteiger partial charge in [0.05, 0.1) is 23.5 Å². The van der Waals surface area contributed by atoms with Crippen LogP contribution in [-0.4, -0.2) is 29.7 Å². The largest absolute Gasteiger partial charge is 0.381 e. The molecule has 0 aliphatic heterocycles. The van der Waals surface area contributed by atoms with Crippen LogP contribution in [-0.2, 0) is 18.6 Å². The van der Waals surface area contributed by atoms with Gasteiger partial charge in [-0.2, -0.15) is 10.2 Å². The lowest BCUT2D eigenvalue weighted by atomic mass is 9.86. The van der Waals surface area contributed by atoms with Crippen LogP contribution in [0.2, 0.25) is 0 Å². The number of rotatable bonds is 6. The monoisotopic (exact) mass is 415 g/mol. The first-order chi connectivity index (χ1) is 14.3. The average molecular weight is 415 g/mol. The topological polar surface area (TPSA) is 68.8 Å². The Labute approximate surface area is 170 Å². The minimum absolute atomic E-state index is 0.117. The lowest BCUT2D eigenvalue weighted by Gasteiger charge is -2.35. The van der Waals surface area contributed by atoms with E-state index in [0.717, 1.165) is 6.07 Å². The average Bonchev–Trinajstić information content (AvgIpc) is 3.34. The van der Waals surface area contributed by atoms with Crippen LogP contribution in [0.1, 0.15) is 31.1 Å². The number of aryl methyl sites for hydroxylation is 1. The Balaban J connectivity index is 1.91. The van der Waals surface area contributed by atoms with Gasteiger partial charge in [-0.25, -0.2) is 22.8 Å². The van der Waals surface area contributed by atoms with Gasteiger partial charge in [0.25, 0.3) is 0 Å². The van der Waals surface area contributed by atoms with E-state index in [2.05, 4.69) is 15.2 Å². The first-order valence-corrected chi connectivity index (χ1v) is 9.51. The summed E-state index contributed by atoms with van der Waals surface area (Å²) in [6.07, 6.45) is 3.12. The standard InChI is InChI=1S/C21H20F3N5O/c1-3-19-20-16(23)5-4-6-18(20)27-29(19)13(2)21(30,10-28-12-25-11-26-28)15-8-7-14(22)9-17(15)24/h4-9,11-13,30H,3,10H2,1-2H3/t13-,21-/m1/s1. The molecular weight excluding hydrogens is 395 g/mol. The number of hydrogen-bond donors (Lipinski definition) is 1. The van der Waals surface area contributed by atoms with E-state index in [1.165, 1.54) is 34.2 Å². The summed E-state index contributed by atoms with van der Waals surface area (Å²) in [4.78, 5) is 3.86. The van der Waals surface area contributed by atoms with E-state index < -0.39 is 29.1 Å². The molecule has 0 saturated heterocycles. The smallest absolute Gasteiger partial charge is 0.137 e. The molecule has 0 fully saturated rings. The molecule has 0 amide bonds. The summed E-state index contributed by atoms with van der Waals surface area (Å²) in [5.41, 5.74) is -1.00. The van der Waals surface area contributed by atoms with Gasteiger partial charge in [0.2, 0.25) is 0 Å². The van der Waals surface area contributed by atoms with E-state index >= 15 is 0 Å². The highest BCUT2D eigenvalue weighted by atomic mass is 19.1. The van der Waals surface area contributed by atoms with Crippen LogP contribution >= 0.6 is 0 Å². The number of nitrogens with zero attached hydrogens (tertiary/aromatic N) is 5. The summed E-state index contributed by atoms with van der Waals surface area (Å²) in [6.45, 7) is 3.34. The Morgan fingerprint density at radius 3 is 2.60 bits per heavy atom. The Morgan fingerprint density at radius 2 is 1.93 bits per heavy atom. The molecule has 0 spiro atoms. The molecule has 156 valence electrons. The molecular formula is C21H20F3N5O. The van der Waals surface area contributed by atoms with Gasteiger partial charge in [-0.05, 0) is 31.5 Å². The maximum Gasteiger partial charge on any atom is 0.137 e. The SMILES string of the molecule is CCc1c2c(F)cccc2nn1[C@H](C)[C@](O)(Cn1cncn1)c1ccc(F)cc1F. The second-order valence-electron chi connectivity index (χ2n) is 7.20. The first-order valence-electron chi connectivity index (χ1n) is 9.51. The summed E-state index contributed by atoms with van der Waals surface area (Å²) in [5, 5.41) is 20.6. The molecule has 0 aliphatic carbocycles. The molecule has 0 unspecified atom stereocenters. The maximum atomic E-state index is 14.8. The first kappa shape index (κ1) is 20.1. The van der Waals surface area contributed by atoms with Crippen molar-refractivity contribution in [2.45, 2.75) is 38.5 Å². The van der Waals surface area contributed by atoms with E-state index in [9.17, 15) is 18.3 Å². The van der Waals surface area contributed by atoms with Crippen LogP contribution in [0.25, 0.3) is 10.9 Å². The number of benzene rings is 2. The van der Waals surface area contributed by atoms with Crippen LogP contribution in [0.3, 0.4) is 0 Å². The van der Waals surface area contributed by atoms with Crippen LogP contribution in [0.15, 0.2) is 49.1 Å². The lowest BCUT2D eigenvalue weighted by molar-refractivity contribution is -0.0374. The number of fused-ring (bicyclic) bond motifs is 1.